The van der Waals surface area contributed by atoms with Crippen LogP contribution in [0.1, 0.15) is 19.3 Å². The van der Waals surface area contributed by atoms with Crippen LogP contribution in [0.2, 0.25) is 0 Å². The molecule has 2 fully saturated rings. The predicted octanol–water partition coefficient (Wildman–Crippen LogP) is 0.529. The van der Waals surface area contributed by atoms with Gasteiger partial charge in [0.2, 0.25) is 0 Å². The fourth-order valence-electron chi connectivity index (χ4n) is 2.45. The summed E-state index contributed by atoms with van der Waals surface area (Å²) in [5, 5.41) is 11.8. The van der Waals surface area contributed by atoms with Gasteiger partial charge in [-0.25, -0.2) is 4.79 Å². The summed E-state index contributed by atoms with van der Waals surface area (Å²) in [4.78, 5) is 24.4. The van der Waals surface area contributed by atoms with Crippen molar-refractivity contribution in [2.24, 2.45) is 11.8 Å². The summed E-state index contributed by atoms with van der Waals surface area (Å²) in [5.41, 5.74) is 0. The minimum absolute atomic E-state index is 0.146. The molecule has 2 heterocycles. The summed E-state index contributed by atoms with van der Waals surface area (Å²) in [5.74, 6) is -0.829. The molecule has 6 heteroatoms. The first kappa shape index (κ1) is 13.1. The zero-order valence-corrected chi connectivity index (χ0v) is 10.4. The van der Waals surface area contributed by atoms with Crippen LogP contribution in [0, 0.1) is 11.8 Å². The number of nitrogens with zero attached hydrogens (tertiary/aromatic N) is 1. The maximum absolute atomic E-state index is 11.9. The van der Waals surface area contributed by atoms with E-state index >= 15 is 0 Å². The number of piperidine rings is 1. The number of hydrogen-bond acceptors (Lipinski definition) is 3. The van der Waals surface area contributed by atoms with Crippen molar-refractivity contribution in [3.05, 3.63) is 0 Å². The van der Waals surface area contributed by atoms with E-state index in [1.165, 1.54) is 0 Å². The Balaban J connectivity index is 1.75. The number of carboxylic acids is 1. The maximum atomic E-state index is 11.9. The van der Waals surface area contributed by atoms with Gasteiger partial charge in [-0.1, -0.05) is 0 Å². The third-order valence-electron chi connectivity index (χ3n) is 3.62. The van der Waals surface area contributed by atoms with Gasteiger partial charge < -0.3 is 20.1 Å². The molecule has 0 aromatic carbocycles. The van der Waals surface area contributed by atoms with E-state index < -0.39 is 11.9 Å². The molecule has 2 rings (SSSR count). The Hall–Kier alpha value is -1.30. The smallest absolute Gasteiger partial charge is 0.317 e. The molecule has 1 unspecified atom stereocenters. The van der Waals surface area contributed by atoms with Gasteiger partial charge in [0.1, 0.15) is 0 Å². The average molecular weight is 256 g/mol. The van der Waals surface area contributed by atoms with Gasteiger partial charge in [0.05, 0.1) is 12.5 Å². The van der Waals surface area contributed by atoms with E-state index in [1.807, 2.05) is 0 Å². The van der Waals surface area contributed by atoms with Gasteiger partial charge in [0, 0.05) is 32.2 Å². The molecule has 102 valence electrons. The highest BCUT2D eigenvalue weighted by Gasteiger charge is 2.28. The Labute approximate surface area is 106 Å². The number of likely N-dealkylation sites (tertiary alicyclic amines) is 1. The van der Waals surface area contributed by atoms with Crippen LogP contribution >= 0.6 is 0 Å². The minimum atomic E-state index is -0.809. The van der Waals surface area contributed by atoms with Crippen LogP contribution in [0.5, 0.6) is 0 Å². The number of aliphatic carboxylic acids is 1. The number of carbonyl (C=O) groups excluding carboxylic acids is 1. The van der Waals surface area contributed by atoms with Crippen LogP contribution in [0.4, 0.5) is 4.79 Å². The molecular weight excluding hydrogens is 236 g/mol. The van der Waals surface area contributed by atoms with Gasteiger partial charge in [-0.3, -0.25) is 4.79 Å². The zero-order chi connectivity index (χ0) is 13.0. The van der Waals surface area contributed by atoms with Crippen molar-refractivity contribution in [1.82, 2.24) is 10.2 Å². The topological polar surface area (TPSA) is 78.9 Å². The summed E-state index contributed by atoms with van der Waals surface area (Å²) < 4.78 is 5.24. The molecule has 2 aliphatic heterocycles. The van der Waals surface area contributed by atoms with Crippen molar-refractivity contribution in [3.8, 4) is 0 Å². The Morgan fingerprint density at radius 2 is 2.22 bits per heavy atom. The normalized spacial score (nSPS) is 28.1. The highest BCUT2D eigenvalue weighted by Crippen LogP contribution is 2.17. The zero-order valence-electron chi connectivity index (χ0n) is 10.4. The summed E-state index contributed by atoms with van der Waals surface area (Å²) in [6, 6.07) is -0.146. The third-order valence-corrected chi connectivity index (χ3v) is 3.62. The summed E-state index contributed by atoms with van der Waals surface area (Å²) >= 11 is 0. The highest BCUT2D eigenvalue weighted by atomic mass is 16.5. The minimum Gasteiger partial charge on any atom is -0.481 e. The number of hydrogen-bond donors (Lipinski definition) is 2. The monoisotopic (exact) mass is 256 g/mol. The Kier molecular flexibility index (Phi) is 4.41. The number of urea groups is 1. The molecule has 2 amide bonds. The first-order chi connectivity index (χ1) is 8.66. The van der Waals surface area contributed by atoms with E-state index in [-0.39, 0.29) is 6.03 Å². The second kappa shape index (κ2) is 6.04. The first-order valence-corrected chi connectivity index (χ1v) is 6.50. The van der Waals surface area contributed by atoms with E-state index in [0.717, 1.165) is 19.4 Å². The Morgan fingerprint density at radius 1 is 1.39 bits per heavy atom. The number of carboxylic acid groups (broad SMARTS) is 1. The number of carbonyl (C=O) groups is 2. The number of ether oxygens (including phenoxy) is 1. The van der Waals surface area contributed by atoms with Crippen LogP contribution in [0.25, 0.3) is 0 Å². The van der Waals surface area contributed by atoms with Gasteiger partial charge in [0.25, 0.3) is 0 Å². The fourth-order valence-corrected chi connectivity index (χ4v) is 2.45. The Morgan fingerprint density at radius 3 is 2.89 bits per heavy atom. The number of rotatable bonds is 3. The van der Waals surface area contributed by atoms with Crippen LogP contribution < -0.4 is 5.32 Å². The van der Waals surface area contributed by atoms with E-state index in [2.05, 4.69) is 5.32 Å². The second-order valence-electron chi connectivity index (χ2n) is 5.04. The fraction of sp³-hybridized carbons (Fsp3) is 0.833. The first-order valence-electron chi connectivity index (χ1n) is 6.50. The average Bonchev–Trinajstić information content (AvgIpc) is 2.89. The van der Waals surface area contributed by atoms with E-state index in [1.54, 1.807) is 4.90 Å². The lowest BCUT2D eigenvalue weighted by Crippen LogP contribution is -2.48. The molecule has 2 N–H and O–H groups in total. The Bertz CT molecular complexity index is 315. The van der Waals surface area contributed by atoms with Gasteiger partial charge in [-0.15, -0.1) is 0 Å². The molecular formula is C12H20N2O4. The van der Waals surface area contributed by atoms with Crippen LogP contribution in [0.3, 0.4) is 0 Å². The van der Waals surface area contributed by atoms with Crippen LogP contribution in [0.15, 0.2) is 0 Å². The standard InChI is InChI=1S/C12H20N2O4/c15-11(16)10-2-1-4-14(7-10)12(17)13-6-9-3-5-18-8-9/h9-10H,1-8H2,(H,13,17)(H,15,16)/t9?,10-/m1/s1. The van der Waals surface area contributed by atoms with Gasteiger partial charge in [-0.2, -0.15) is 0 Å². The lowest BCUT2D eigenvalue weighted by Gasteiger charge is -2.31. The van der Waals surface area contributed by atoms with Crippen molar-refractivity contribution in [1.29, 1.82) is 0 Å². The molecule has 0 aromatic heterocycles. The summed E-state index contributed by atoms with van der Waals surface area (Å²) in [6.45, 7) is 3.07. The van der Waals surface area contributed by atoms with E-state index in [9.17, 15) is 9.59 Å². The molecule has 6 nitrogen and oxygen atoms in total. The van der Waals surface area contributed by atoms with Crippen molar-refractivity contribution in [3.63, 3.8) is 0 Å². The lowest BCUT2D eigenvalue weighted by molar-refractivity contribution is -0.143. The lowest BCUT2D eigenvalue weighted by atomic mass is 9.99. The summed E-state index contributed by atoms with van der Waals surface area (Å²) in [7, 11) is 0. The largest absolute Gasteiger partial charge is 0.481 e. The van der Waals surface area contributed by atoms with Crippen molar-refractivity contribution in [2.45, 2.75) is 19.3 Å². The molecule has 2 aliphatic rings. The number of nitrogens with one attached hydrogen (secondary N) is 1. The van der Waals surface area contributed by atoms with Gasteiger partial charge in [-0.05, 0) is 19.3 Å². The summed E-state index contributed by atoms with van der Waals surface area (Å²) in [6.07, 6.45) is 2.41. The quantitative estimate of drug-likeness (QED) is 0.772. The molecule has 0 bridgehead atoms. The SMILES string of the molecule is O=C(O)[C@@H]1CCCN(C(=O)NCC2CCOC2)C1. The predicted molar refractivity (Wildman–Crippen MR) is 64.3 cm³/mol. The van der Waals surface area contributed by atoms with Crippen molar-refractivity contribution in [2.75, 3.05) is 32.8 Å². The maximum Gasteiger partial charge on any atom is 0.317 e. The van der Waals surface area contributed by atoms with Gasteiger partial charge in [0.15, 0.2) is 0 Å². The molecule has 2 atom stereocenters. The second-order valence-corrected chi connectivity index (χ2v) is 5.04. The molecule has 0 saturated carbocycles. The molecule has 0 radical (unpaired) electrons. The molecule has 2 saturated heterocycles. The molecule has 0 aromatic rings. The van der Waals surface area contributed by atoms with Crippen LogP contribution in [-0.4, -0.2) is 54.9 Å². The van der Waals surface area contributed by atoms with E-state index in [4.69, 9.17) is 9.84 Å². The third kappa shape index (κ3) is 3.35. The molecule has 0 spiro atoms. The molecule has 0 aliphatic carbocycles. The highest BCUT2D eigenvalue weighted by molar-refractivity contribution is 5.76. The van der Waals surface area contributed by atoms with Crippen molar-refractivity contribution >= 4 is 12.0 Å². The molecule has 18 heavy (non-hydrogen) atoms. The van der Waals surface area contributed by atoms with Crippen LogP contribution in [-0.2, 0) is 9.53 Å². The van der Waals surface area contributed by atoms with E-state index in [0.29, 0.717) is 38.6 Å². The van der Waals surface area contributed by atoms with Gasteiger partial charge >= 0.3 is 12.0 Å². The number of amides is 2. The van der Waals surface area contributed by atoms with Crippen molar-refractivity contribution < 1.29 is 19.4 Å².